The van der Waals surface area contributed by atoms with E-state index in [1.54, 1.807) is 12.1 Å². The van der Waals surface area contributed by atoms with E-state index in [1.807, 2.05) is 25.8 Å². The monoisotopic (exact) mass is 531 g/mol. The molecule has 2 aliphatic rings. The van der Waals surface area contributed by atoms with Crippen molar-refractivity contribution in [3.05, 3.63) is 34.1 Å². The number of anilines is 2. The zero-order valence-electron chi connectivity index (χ0n) is 21.5. The second-order valence-corrected chi connectivity index (χ2v) is 10.5. The topological polar surface area (TPSA) is 92.4 Å². The molecule has 0 saturated carbocycles. The van der Waals surface area contributed by atoms with Gasteiger partial charge in [-0.1, -0.05) is 11.6 Å². The van der Waals surface area contributed by atoms with Crippen LogP contribution < -0.4 is 20.7 Å². The summed E-state index contributed by atoms with van der Waals surface area (Å²) in [4.78, 5) is 17.6. The van der Waals surface area contributed by atoms with Crippen LogP contribution in [0.2, 0.25) is 5.02 Å². The van der Waals surface area contributed by atoms with Crippen molar-refractivity contribution in [3.8, 4) is 17.3 Å². The number of nitrogens with two attached hydrogens (primary N) is 1. The number of ether oxygens (including phenoxy) is 1. The van der Waals surface area contributed by atoms with Crippen LogP contribution in [-0.2, 0) is 0 Å². The van der Waals surface area contributed by atoms with Crippen molar-refractivity contribution < 1.29 is 13.5 Å². The minimum Gasteiger partial charge on any atom is -0.462 e. The lowest BCUT2D eigenvalue weighted by Crippen LogP contribution is -2.50. The Labute approximate surface area is 220 Å². The molecule has 0 bridgehead atoms. The van der Waals surface area contributed by atoms with Crippen LogP contribution in [0.15, 0.2) is 12.1 Å². The molecule has 198 valence electrons. The number of rotatable bonds is 5. The lowest BCUT2D eigenvalue weighted by atomic mass is 10.0. The first-order valence-corrected chi connectivity index (χ1v) is 12.9. The van der Waals surface area contributed by atoms with Crippen LogP contribution in [0.5, 0.6) is 6.01 Å². The van der Waals surface area contributed by atoms with Crippen molar-refractivity contribution >= 4 is 34.1 Å². The van der Waals surface area contributed by atoms with Crippen LogP contribution in [0.3, 0.4) is 0 Å². The molecular weight excluding hydrogens is 500 g/mol. The number of halogens is 3. The van der Waals surface area contributed by atoms with Gasteiger partial charge in [0.25, 0.3) is 0 Å². The summed E-state index contributed by atoms with van der Waals surface area (Å²) in [5.74, 6) is 0.224. The molecule has 5 rings (SSSR count). The number of piperazine rings is 1. The van der Waals surface area contributed by atoms with Gasteiger partial charge in [-0.3, -0.25) is 4.90 Å². The first-order valence-electron chi connectivity index (χ1n) is 12.5. The Morgan fingerprint density at radius 1 is 1.24 bits per heavy atom. The van der Waals surface area contributed by atoms with Gasteiger partial charge in [0, 0.05) is 43.6 Å². The van der Waals surface area contributed by atoms with Crippen LogP contribution in [0, 0.1) is 19.7 Å². The number of benzene rings is 1. The molecule has 3 N–H and O–H groups in total. The standard InChI is InChI=1S/C26H32ClF2N7O/c1-13-7-20(30)32-23(15(13)3)21-19(27)9-18-24(22(21)29)33-26(37-12-17-8-16(28)11-35(17)4)34-25(18)36-6-5-31-10-14(36)2/h7,9,14,16-17,31H,5-6,8,10-12H2,1-4H3,(H2,30,32)/t14-,16+,17-/m0/s1. The van der Waals surface area contributed by atoms with Crippen LogP contribution >= 0.6 is 11.6 Å². The van der Waals surface area contributed by atoms with Crippen molar-refractivity contribution in [3.63, 3.8) is 0 Å². The number of nitrogens with zero attached hydrogens (tertiary/aromatic N) is 5. The first-order chi connectivity index (χ1) is 17.6. The number of nitrogen functional groups attached to an aromatic ring is 1. The molecule has 2 aliphatic heterocycles. The molecule has 2 aromatic heterocycles. The molecule has 8 nitrogen and oxygen atoms in total. The highest BCUT2D eigenvalue weighted by atomic mass is 35.5. The summed E-state index contributed by atoms with van der Waals surface area (Å²) in [5.41, 5.74) is 8.26. The Balaban J connectivity index is 1.65. The number of likely N-dealkylation sites (N-methyl/N-ethyl adjacent to an activating group) is 1. The molecular formula is C26H32ClF2N7O. The highest BCUT2D eigenvalue weighted by molar-refractivity contribution is 6.34. The molecule has 0 radical (unpaired) electrons. The molecule has 11 heteroatoms. The summed E-state index contributed by atoms with van der Waals surface area (Å²) < 4.78 is 36.2. The van der Waals surface area contributed by atoms with Crippen molar-refractivity contribution in [2.75, 3.05) is 50.5 Å². The predicted octanol–water partition coefficient (Wildman–Crippen LogP) is 3.90. The summed E-state index contributed by atoms with van der Waals surface area (Å²) >= 11 is 6.70. The number of pyridine rings is 1. The van der Waals surface area contributed by atoms with E-state index < -0.39 is 12.0 Å². The minimum absolute atomic E-state index is 0.0459. The summed E-state index contributed by atoms with van der Waals surface area (Å²) in [6, 6.07) is 3.48. The van der Waals surface area contributed by atoms with E-state index in [0.717, 1.165) is 24.2 Å². The van der Waals surface area contributed by atoms with Crippen LogP contribution in [0.1, 0.15) is 24.5 Å². The van der Waals surface area contributed by atoms with Crippen molar-refractivity contribution in [1.29, 1.82) is 0 Å². The second kappa shape index (κ2) is 10.2. The number of nitrogens with one attached hydrogen (secondary N) is 1. The highest BCUT2D eigenvalue weighted by Gasteiger charge is 2.31. The quantitative estimate of drug-likeness (QED) is 0.512. The Kier molecular flexibility index (Phi) is 7.08. The highest BCUT2D eigenvalue weighted by Crippen LogP contribution is 2.40. The van der Waals surface area contributed by atoms with E-state index in [0.29, 0.717) is 36.4 Å². The molecule has 0 spiro atoms. The van der Waals surface area contributed by atoms with E-state index in [1.165, 1.54) is 0 Å². The third-order valence-corrected chi connectivity index (χ3v) is 7.74. The second-order valence-electron chi connectivity index (χ2n) is 10.1. The zero-order chi connectivity index (χ0) is 26.4. The smallest absolute Gasteiger partial charge is 0.319 e. The first kappa shape index (κ1) is 25.8. The zero-order valence-corrected chi connectivity index (χ0v) is 22.2. The average Bonchev–Trinajstić information content (AvgIpc) is 3.17. The Bertz CT molecular complexity index is 1340. The van der Waals surface area contributed by atoms with E-state index in [-0.39, 0.29) is 46.6 Å². The number of hydrogen-bond acceptors (Lipinski definition) is 8. The Morgan fingerprint density at radius 2 is 2.03 bits per heavy atom. The maximum atomic E-state index is 16.3. The summed E-state index contributed by atoms with van der Waals surface area (Å²) in [6.45, 7) is 8.58. The lowest BCUT2D eigenvalue weighted by Gasteiger charge is -2.35. The van der Waals surface area contributed by atoms with Gasteiger partial charge < -0.3 is 20.7 Å². The third kappa shape index (κ3) is 4.89. The number of likely N-dealkylation sites (tertiary alicyclic amines) is 1. The maximum absolute atomic E-state index is 16.3. The van der Waals surface area contributed by atoms with Gasteiger partial charge in [0.15, 0.2) is 5.82 Å². The van der Waals surface area contributed by atoms with Crippen molar-refractivity contribution in [1.82, 2.24) is 25.2 Å². The molecule has 3 atom stereocenters. The van der Waals surface area contributed by atoms with E-state index in [2.05, 4.69) is 27.1 Å². The van der Waals surface area contributed by atoms with Gasteiger partial charge >= 0.3 is 6.01 Å². The SMILES string of the molecule is Cc1cc(N)nc(-c2c(Cl)cc3c(N4CCNC[C@@H]4C)nc(OC[C@@H]4C[C@@H](F)CN4C)nc3c2F)c1C. The lowest BCUT2D eigenvalue weighted by molar-refractivity contribution is 0.188. The molecule has 0 amide bonds. The fourth-order valence-corrected chi connectivity index (χ4v) is 5.48. The maximum Gasteiger partial charge on any atom is 0.319 e. The van der Waals surface area contributed by atoms with Gasteiger partial charge in [-0.15, -0.1) is 0 Å². The van der Waals surface area contributed by atoms with Crippen LogP contribution in [-0.4, -0.2) is 77.9 Å². The number of aromatic nitrogens is 3. The molecule has 4 heterocycles. The van der Waals surface area contributed by atoms with Crippen LogP contribution in [0.25, 0.3) is 22.2 Å². The normalized spacial score (nSPS) is 22.7. The fourth-order valence-electron chi connectivity index (χ4n) is 5.20. The van der Waals surface area contributed by atoms with E-state index >= 15 is 4.39 Å². The van der Waals surface area contributed by atoms with Crippen LogP contribution in [0.4, 0.5) is 20.4 Å². The van der Waals surface area contributed by atoms with Crippen molar-refractivity contribution in [2.24, 2.45) is 0 Å². The molecule has 3 aromatic rings. The van der Waals surface area contributed by atoms with Gasteiger partial charge in [-0.2, -0.15) is 9.97 Å². The predicted molar refractivity (Wildman–Crippen MR) is 143 cm³/mol. The Hall–Kier alpha value is -2.82. The number of alkyl halides is 1. The summed E-state index contributed by atoms with van der Waals surface area (Å²) in [5, 5.41) is 4.06. The fraction of sp³-hybridized carbons (Fsp3) is 0.500. The largest absolute Gasteiger partial charge is 0.462 e. The number of aryl methyl sites for hydroxylation is 1. The van der Waals surface area contributed by atoms with Gasteiger partial charge in [-0.25, -0.2) is 13.8 Å². The van der Waals surface area contributed by atoms with Gasteiger partial charge in [0.2, 0.25) is 0 Å². The number of fused-ring (bicyclic) bond motifs is 1. The van der Waals surface area contributed by atoms with Crippen molar-refractivity contribution in [2.45, 2.75) is 45.4 Å². The molecule has 1 aromatic carbocycles. The van der Waals surface area contributed by atoms with Gasteiger partial charge in [0.1, 0.15) is 29.9 Å². The Morgan fingerprint density at radius 3 is 2.73 bits per heavy atom. The summed E-state index contributed by atoms with van der Waals surface area (Å²) in [6.07, 6.45) is -0.521. The van der Waals surface area contributed by atoms with Gasteiger partial charge in [-0.05, 0) is 57.5 Å². The van der Waals surface area contributed by atoms with E-state index in [4.69, 9.17) is 27.1 Å². The minimum atomic E-state index is -0.895. The third-order valence-electron chi connectivity index (χ3n) is 7.45. The molecule has 2 fully saturated rings. The molecule has 0 unspecified atom stereocenters. The average molecular weight is 532 g/mol. The molecule has 2 saturated heterocycles. The number of hydrogen-bond donors (Lipinski definition) is 2. The van der Waals surface area contributed by atoms with Gasteiger partial charge in [0.05, 0.1) is 16.3 Å². The molecule has 37 heavy (non-hydrogen) atoms. The molecule has 0 aliphatic carbocycles. The van der Waals surface area contributed by atoms with E-state index in [9.17, 15) is 4.39 Å². The summed E-state index contributed by atoms with van der Waals surface area (Å²) in [7, 11) is 1.86.